The highest BCUT2D eigenvalue weighted by Crippen LogP contribution is 2.19. The monoisotopic (exact) mass is 340 g/mol. The van der Waals surface area contributed by atoms with Crippen molar-refractivity contribution < 1.29 is 9.59 Å². The predicted octanol–water partition coefficient (Wildman–Crippen LogP) is 2.11. The van der Waals surface area contributed by atoms with Gasteiger partial charge in [0.15, 0.2) is 0 Å². The van der Waals surface area contributed by atoms with Crippen molar-refractivity contribution in [3.8, 4) is 0 Å². The minimum absolute atomic E-state index is 0.0726. The number of amides is 2. The van der Waals surface area contributed by atoms with Gasteiger partial charge in [0.1, 0.15) is 6.04 Å². The highest BCUT2D eigenvalue weighted by atomic mass is 16.2. The Bertz CT molecular complexity index is 818. The molecule has 0 radical (unpaired) electrons. The maximum Gasteiger partial charge on any atom is 0.254 e. The summed E-state index contributed by atoms with van der Waals surface area (Å²) in [6.07, 6.45) is 2.31. The number of nitrogens with one attached hydrogen (secondary N) is 1. The Balaban J connectivity index is 1.97. The highest BCUT2D eigenvalue weighted by molar-refractivity contribution is 6.00. The standard InChI is InChI=1S/C19H24N4O2/c1-4-13-14(5-2)22-16-11-12(7-8-15(16)21-13)19(25)23(6-3)17-9-10-20-18(17)24/h7-8,11,17H,4-6,9-10H2,1-3H3,(H,20,24). The summed E-state index contributed by atoms with van der Waals surface area (Å²) in [4.78, 5) is 35.9. The Morgan fingerprint density at radius 3 is 2.40 bits per heavy atom. The molecule has 6 heteroatoms. The SMILES string of the molecule is CCc1nc2ccc(C(=O)N(CC)C3CCNC3=O)cc2nc1CC. The molecule has 1 saturated heterocycles. The molecule has 0 spiro atoms. The zero-order chi connectivity index (χ0) is 18.0. The minimum atomic E-state index is -0.382. The lowest BCUT2D eigenvalue weighted by Gasteiger charge is -2.25. The zero-order valence-electron chi connectivity index (χ0n) is 15.0. The van der Waals surface area contributed by atoms with Gasteiger partial charge in [0.05, 0.1) is 22.4 Å². The van der Waals surface area contributed by atoms with Gasteiger partial charge >= 0.3 is 0 Å². The Morgan fingerprint density at radius 1 is 1.16 bits per heavy atom. The number of hydrogen-bond donors (Lipinski definition) is 1. The van der Waals surface area contributed by atoms with Gasteiger partial charge in [0.2, 0.25) is 5.91 Å². The normalized spacial score (nSPS) is 16.9. The molecule has 1 aliphatic heterocycles. The summed E-state index contributed by atoms with van der Waals surface area (Å²) < 4.78 is 0. The van der Waals surface area contributed by atoms with Gasteiger partial charge in [-0.25, -0.2) is 9.97 Å². The molecule has 1 aliphatic rings. The van der Waals surface area contributed by atoms with Crippen LogP contribution in [0.4, 0.5) is 0 Å². The zero-order valence-corrected chi connectivity index (χ0v) is 15.0. The van der Waals surface area contributed by atoms with Crippen molar-refractivity contribution in [2.75, 3.05) is 13.1 Å². The first-order valence-corrected chi connectivity index (χ1v) is 8.97. The van der Waals surface area contributed by atoms with Crippen LogP contribution in [0, 0.1) is 0 Å². The van der Waals surface area contributed by atoms with Crippen LogP contribution in [-0.2, 0) is 17.6 Å². The third-order valence-corrected chi connectivity index (χ3v) is 4.73. The molecule has 0 bridgehead atoms. The number of aromatic nitrogens is 2. The van der Waals surface area contributed by atoms with Crippen molar-refractivity contribution in [2.45, 2.75) is 46.1 Å². The molecule has 1 aromatic heterocycles. The largest absolute Gasteiger partial charge is 0.354 e. The molecule has 3 rings (SSSR count). The second-order valence-corrected chi connectivity index (χ2v) is 6.21. The maximum atomic E-state index is 12.9. The second-order valence-electron chi connectivity index (χ2n) is 6.21. The van der Waals surface area contributed by atoms with Gasteiger partial charge in [-0.15, -0.1) is 0 Å². The van der Waals surface area contributed by atoms with Gasteiger partial charge < -0.3 is 10.2 Å². The number of hydrogen-bond acceptors (Lipinski definition) is 4. The summed E-state index contributed by atoms with van der Waals surface area (Å²) in [6, 6.07) is 5.03. The third kappa shape index (κ3) is 3.21. The van der Waals surface area contributed by atoms with Crippen molar-refractivity contribution in [3.05, 3.63) is 35.2 Å². The maximum absolute atomic E-state index is 12.9. The average Bonchev–Trinajstić information content (AvgIpc) is 3.06. The van der Waals surface area contributed by atoms with Crippen LogP contribution in [-0.4, -0.2) is 45.8 Å². The fourth-order valence-corrected chi connectivity index (χ4v) is 3.38. The van der Waals surface area contributed by atoms with Crippen LogP contribution >= 0.6 is 0 Å². The summed E-state index contributed by atoms with van der Waals surface area (Å²) >= 11 is 0. The molecule has 1 unspecified atom stereocenters. The van der Waals surface area contributed by atoms with E-state index >= 15 is 0 Å². The first kappa shape index (κ1) is 17.3. The van der Waals surface area contributed by atoms with Crippen molar-refractivity contribution in [2.24, 2.45) is 0 Å². The van der Waals surface area contributed by atoms with Crippen LogP contribution in [0.5, 0.6) is 0 Å². The van der Waals surface area contributed by atoms with Gasteiger partial charge in [-0.2, -0.15) is 0 Å². The molecule has 2 amide bonds. The van der Waals surface area contributed by atoms with E-state index in [1.165, 1.54) is 0 Å². The number of carbonyl (C=O) groups is 2. The number of aryl methyl sites for hydroxylation is 2. The summed E-state index contributed by atoms with van der Waals surface area (Å²) in [5, 5.41) is 2.79. The number of carbonyl (C=O) groups excluding carboxylic acids is 2. The summed E-state index contributed by atoms with van der Waals surface area (Å²) in [6.45, 7) is 7.14. The molecule has 132 valence electrons. The average molecular weight is 340 g/mol. The molecular weight excluding hydrogens is 316 g/mol. The van der Waals surface area contributed by atoms with E-state index in [1.807, 2.05) is 13.0 Å². The fourth-order valence-electron chi connectivity index (χ4n) is 3.38. The Kier molecular flexibility index (Phi) is 4.97. The van der Waals surface area contributed by atoms with Crippen molar-refractivity contribution in [3.63, 3.8) is 0 Å². The van der Waals surface area contributed by atoms with Gasteiger partial charge in [0, 0.05) is 18.7 Å². The first-order valence-electron chi connectivity index (χ1n) is 8.97. The Morgan fingerprint density at radius 2 is 1.84 bits per heavy atom. The smallest absolute Gasteiger partial charge is 0.254 e. The van der Waals surface area contributed by atoms with Crippen molar-refractivity contribution >= 4 is 22.8 Å². The molecule has 1 aromatic carbocycles. The van der Waals surface area contributed by atoms with Crippen LogP contribution < -0.4 is 5.32 Å². The Hall–Kier alpha value is -2.50. The molecule has 25 heavy (non-hydrogen) atoms. The highest BCUT2D eigenvalue weighted by Gasteiger charge is 2.32. The van der Waals surface area contributed by atoms with E-state index in [1.54, 1.807) is 17.0 Å². The van der Waals surface area contributed by atoms with Crippen LogP contribution in [0.3, 0.4) is 0 Å². The van der Waals surface area contributed by atoms with E-state index in [2.05, 4.69) is 24.1 Å². The third-order valence-electron chi connectivity index (χ3n) is 4.73. The summed E-state index contributed by atoms with van der Waals surface area (Å²) in [7, 11) is 0. The first-order chi connectivity index (χ1) is 12.1. The van der Waals surface area contributed by atoms with E-state index in [0.717, 1.165) is 35.3 Å². The number of rotatable bonds is 5. The van der Waals surface area contributed by atoms with Gasteiger partial charge in [0.25, 0.3) is 5.91 Å². The molecule has 1 fully saturated rings. The topological polar surface area (TPSA) is 75.2 Å². The van der Waals surface area contributed by atoms with Gasteiger partial charge in [-0.05, 0) is 44.4 Å². The van der Waals surface area contributed by atoms with E-state index in [-0.39, 0.29) is 17.9 Å². The quantitative estimate of drug-likeness (QED) is 0.904. The second kappa shape index (κ2) is 7.17. The van der Waals surface area contributed by atoms with Gasteiger partial charge in [-0.3, -0.25) is 9.59 Å². The number of benzene rings is 1. The van der Waals surface area contributed by atoms with Crippen LogP contribution in [0.15, 0.2) is 18.2 Å². The van der Waals surface area contributed by atoms with E-state index in [9.17, 15) is 9.59 Å². The van der Waals surface area contributed by atoms with E-state index in [0.29, 0.717) is 25.1 Å². The Labute approximate surface area is 147 Å². The predicted molar refractivity (Wildman–Crippen MR) is 96.4 cm³/mol. The number of nitrogens with zero attached hydrogens (tertiary/aromatic N) is 3. The van der Waals surface area contributed by atoms with Crippen LogP contribution in [0.1, 0.15) is 48.9 Å². The number of fused-ring (bicyclic) bond motifs is 1. The number of likely N-dealkylation sites (N-methyl/N-ethyl adjacent to an activating group) is 1. The van der Waals surface area contributed by atoms with Gasteiger partial charge in [-0.1, -0.05) is 13.8 Å². The molecule has 2 aromatic rings. The van der Waals surface area contributed by atoms with Crippen molar-refractivity contribution in [1.82, 2.24) is 20.2 Å². The van der Waals surface area contributed by atoms with Crippen LogP contribution in [0.2, 0.25) is 0 Å². The lowest BCUT2D eigenvalue weighted by atomic mass is 10.1. The van der Waals surface area contributed by atoms with Crippen molar-refractivity contribution in [1.29, 1.82) is 0 Å². The molecule has 1 N–H and O–H groups in total. The molecule has 2 heterocycles. The van der Waals surface area contributed by atoms with Crippen LogP contribution in [0.25, 0.3) is 11.0 Å². The fraction of sp³-hybridized carbons (Fsp3) is 0.474. The molecule has 6 nitrogen and oxygen atoms in total. The van der Waals surface area contributed by atoms with E-state index in [4.69, 9.17) is 4.98 Å². The molecule has 1 atom stereocenters. The van der Waals surface area contributed by atoms with E-state index < -0.39 is 0 Å². The molecular formula is C19H24N4O2. The minimum Gasteiger partial charge on any atom is -0.354 e. The summed E-state index contributed by atoms with van der Waals surface area (Å²) in [5.74, 6) is -0.206. The summed E-state index contributed by atoms with van der Waals surface area (Å²) in [5.41, 5.74) is 4.06. The molecule has 0 saturated carbocycles. The lowest BCUT2D eigenvalue weighted by molar-refractivity contribution is -0.123. The lowest BCUT2D eigenvalue weighted by Crippen LogP contribution is -2.44. The molecule has 0 aliphatic carbocycles.